The topological polar surface area (TPSA) is 12.5 Å². The molecule has 1 heterocycles. The van der Waals surface area contributed by atoms with Gasteiger partial charge in [0.1, 0.15) is 11.5 Å². The molecule has 1 aliphatic heterocycles. The van der Waals surface area contributed by atoms with Gasteiger partial charge in [0.25, 0.3) is 0 Å². The molecular formula is C63H41NO. The average Bonchev–Trinajstić information content (AvgIpc) is 3.67. The van der Waals surface area contributed by atoms with Gasteiger partial charge in [-0.05, 0) is 109 Å². The van der Waals surface area contributed by atoms with Gasteiger partial charge in [0, 0.05) is 39.0 Å². The second kappa shape index (κ2) is 14.8. The second-order valence-corrected chi connectivity index (χ2v) is 17.2. The van der Waals surface area contributed by atoms with Crippen LogP contribution in [0.25, 0.3) is 66.1 Å². The number of hydrogen-bond acceptors (Lipinski definition) is 2. The van der Waals surface area contributed by atoms with Crippen LogP contribution in [0.4, 0.5) is 17.1 Å². The van der Waals surface area contributed by atoms with Crippen LogP contribution >= 0.6 is 0 Å². The Hall–Kier alpha value is -8.46. The molecule has 304 valence electrons. The Labute approximate surface area is 378 Å². The molecule has 0 amide bonds. The summed E-state index contributed by atoms with van der Waals surface area (Å²) < 4.78 is 7.18. The largest absolute Gasteiger partial charge is 0.455 e. The van der Waals surface area contributed by atoms with Crippen molar-refractivity contribution in [1.29, 1.82) is 0 Å². The second-order valence-electron chi connectivity index (χ2n) is 17.2. The summed E-state index contributed by atoms with van der Waals surface area (Å²) >= 11 is 0. The van der Waals surface area contributed by atoms with Crippen LogP contribution in [-0.4, -0.2) is 0 Å². The van der Waals surface area contributed by atoms with E-state index in [1.165, 1.54) is 72.0 Å². The van der Waals surface area contributed by atoms with Crippen molar-refractivity contribution in [1.82, 2.24) is 0 Å². The summed E-state index contributed by atoms with van der Waals surface area (Å²) in [6.45, 7) is 0. The van der Waals surface area contributed by atoms with Crippen LogP contribution in [-0.2, 0) is 5.41 Å². The number of anilines is 3. The van der Waals surface area contributed by atoms with Crippen molar-refractivity contribution in [3.63, 3.8) is 0 Å². The summed E-state index contributed by atoms with van der Waals surface area (Å²) in [5.41, 5.74) is 17.1. The molecular weight excluding hydrogens is 787 g/mol. The Balaban J connectivity index is 0.985. The Morgan fingerprint density at radius 1 is 0.277 bits per heavy atom. The number of hydrogen-bond donors (Lipinski definition) is 0. The Morgan fingerprint density at radius 3 is 1.35 bits per heavy atom. The van der Waals surface area contributed by atoms with Crippen molar-refractivity contribution in [2.75, 3.05) is 4.90 Å². The molecule has 65 heavy (non-hydrogen) atoms. The molecule has 0 atom stereocenters. The van der Waals surface area contributed by atoms with E-state index in [2.05, 4.69) is 254 Å². The van der Waals surface area contributed by atoms with Crippen LogP contribution in [0.2, 0.25) is 0 Å². The first kappa shape index (κ1) is 37.1. The molecule has 1 spiro atoms. The number of rotatable bonds is 6. The highest BCUT2D eigenvalue weighted by Crippen LogP contribution is 2.64. The lowest BCUT2D eigenvalue weighted by Crippen LogP contribution is -2.32. The van der Waals surface area contributed by atoms with Gasteiger partial charge in [-0.3, -0.25) is 0 Å². The molecule has 0 radical (unpaired) electrons. The number of benzene rings is 11. The first-order chi connectivity index (χ1) is 32.2. The molecule has 11 aromatic carbocycles. The third kappa shape index (κ3) is 5.81. The van der Waals surface area contributed by atoms with E-state index >= 15 is 0 Å². The van der Waals surface area contributed by atoms with Crippen LogP contribution in [0.3, 0.4) is 0 Å². The van der Waals surface area contributed by atoms with Crippen LogP contribution in [0, 0.1) is 0 Å². The van der Waals surface area contributed by atoms with E-state index in [9.17, 15) is 0 Å². The van der Waals surface area contributed by atoms with Gasteiger partial charge in [0.05, 0.1) is 5.41 Å². The van der Waals surface area contributed by atoms with Crippen molar-refractivity contribution < 1.29 is 4.74 Å². The molecule has 0 bridgehead atoms. The van der Waals surface area contributed by atoms with Gasteiger partial charge in [0.2, 0.25) is 0 Å². The lowest BCUT2D eigenvalue weighted by atomic mass is 9.65. The summed E-state index contributed by atoms with van der Waals surface area (Å²) in [7, 11) is 0. The summed E-state index contributed by atoms with van der Waals surface area (Å²) in [5.74, 6) is 1.86. The summed E-state index contributed by atoms with van der Waals surface area (Å²) in [5, 5.41) is 4.58. The Kier molecular flexibility index (Phi) is 8.47. The monoisotopic (exact) mass is 827 g/mol. The van der Waals surface area contributed by atoms with Crippen LogP contribution in [0.5, 0.6) is 11.5 Å². The predicted molar refractivity (Wildman–Crippen MR) is 270 cm³/mol. The molecule has 2 heteroatoms. The minimum atomic E-state index is -0.588. The van der Waals surface area contributed by atoms with E-state index in [0.29, 0.717) is 0 Å². The fourth-order valence-electron chi connectivity index (χ4n) is 10.7. The zero-order valence-electron chi connectivity index (χ0n) is 35.5. The molecule has 0 unspecified atom stereocenters. The van der Waals surface area contributed by atoms with E-state index in [1.807, 2.05) is 0 Å². The molecule has 0 fully saturated rings. The fourth-order valence-corrected chi connectivity index (χ4v) is 10.7. The van der Waals surface area contributed by atoms with Gasteiger partial charge in [0.15, 0.2) is 0 Å². The molecule has 0 saturated carbocycles. The van der Waals surface area contributed by atoms with Crippen molar-refractivity contribution in [3.05, 3.63) is 271 Å². The Morgan fingerprint density at radius 2 is 0.723 bits per heavy atom. The van der Waals surface area contributed by atoms with Crippen molar-refractivity contribution >= 4 is 38.6 Å². The molecule has 11 aromatic rings. The molecule has 0 N–H and O–H groups in total. The number of nitrogens with zero attached hydrogens (tertiary/aromatic N) is 1. The zero-order chi connectivity index (χ0) is 42.9. The highest BCUT2D eigenvalue weighted by Gasteiger charge is 2.51. The van der Waals surface area contributed by atoms with Gasteiger partial charge in [-0.15, -0.1) is 0 Å². The first-order valence-corrected chi connectivity index (χ1v) is 22.4. The standard InChI is InChI=1S/C63H41NO/c1-3-15-42(16-4-1)44-29-34-50(35-30-44)64(51-23-13-21-47(39-51)43-17-5-2-6-18-43)52-24-14-22-48(40-52)49-33-36-58-56(41-49)55-27-11-12-28-57(55)63(58)59-37-31-45-19-7-9-25-53(45)61(59)65-62-54-26-10-8-20-46(54)32-38-60(62)63/h1-41H. The highest BCUT2D eigenvalue weighted by molar-refractivity contribution is 6.00. The van der Waals surface area contributed by atoms with Crippen molar-refractivity contribution in [2.24, 2.45) is 0 Å². The molecule has 2 nitrogen and oxygen atoms in total. The minimum Gasteiger partial charge on any atom is -0.455 e. The third-order valence-corrected chi connectivity index (χ3v) is 13.7. The minimum absolute atomic E-state index is 0.588. The Bertz CT molecular complexity index is 3540. The van der Waals surface area contributed by atoms with Gasteiger partial charge in [-0.2, -0.15) is 0 Å². The smallest absolute Gasteiger partial charge is 0.140 e. The zero-order valence-corrected chi connectivity index (χ0v) is 35.5. The van der Waals surface area contributed by atoms with E-state index in [-0.39, 0.29) is 0 Å². The van der Waals surface area contributed by atoms with Crippen LogP contribution in [0.1, 0.15) is 22.3 Å². The SMILES string of the molecule is c1ccc(-c2ccc(N(c3cccc(-c4ccccc4)c3)c3cccc(-c4ccc5c(c4)-c4ccccc4C54c5ccc6ccccc6c5Oc5c4ccc4ccccc54)c3)cc2)cc1. The first-order valence-electron chi connectivity index (χ1n) is 22.4. The van der Waals surface area contributed by atoms with Crippen LogP contribution < -0.4 is 9.64 Å². The van der Waals surface area contributed by atoms with Crippen LogP contribution in [0.15, 0.2) is 249 Å². The highest BCUT2D eigenvalue weighted by atomic mass is 16.5. The predicted octanol–water partition coefficient (Wildman–Crippen LogP) is 16.9. The molecule has 0 saturated heterocycles. The number of ether oxygens (including phenoxy) is 1. The lowest BCUT2D eigenvalue weighted by Gasteiger charge is -2.40. The van der Waals surface area contributed by atoms with E-state index in [0.717, 1.165) is 44.9 Å². The normalized spacial score (nSPS) is 12.9. The van der Waals surface area contributed by atoms with Gasteiger partial charge in [-0.1, -0.05) is 206 Å². The van der Waals surface area contributed by atoms with E-state index in [1.54, 1.807) is 0 Å². The molecule has 1 aliphatic carbocycles. The van der Waals surface area contributed by atoms with Gasteiger partial charge in [-0.25, -0.2) is 0 Å². The maximum Gasteiger partial charge on any atom is 0.140 e. The maximum atomic E-state index is 7.18. The third-order valence-electron chi connectivity index (χ3n) is 13.7. The number of fused-ring (bicyclic) bond motifs is 13. The summed E-state index contributed by atoms with van der Waals surface area (Å²) in [6.07, 6.45) is 0. The van der Waals surface area contributed by atoms with E-state index in [4.69, 9.17) is 4.74 Å². The maximum absolute atomic E-state index is 7.18. The van der Waals surface area contributed by atoms with Gasteiger partial charge >= 0.3 is 0 Å². The van der Waals surface area contributed by atoms with Crippen molar-refractivity contribution in [3.8, 4) is 56.0 Å². The van der Waals surface area contributed by atoms with Gasteiger partial charge < -0.3 is 9.64 Å². The molecule has 13 rings (SSSR count). The fraction of sp³-hybridized carbons (Fsp3) is 0.0159. The van der Waals surface area contributed by atoms with Crippen molar-refractivity contribution in [2.45, 2.75) is 5.41 Å². The lowest BCUT2D eigenvalue weighted by molar-refractivity contribution is 0.447. The average molecular weight is 828 g/mol. The summed E-state index contributed by atoms with van der Waals surface area (Å²) in [4.78, 5) is 2.38. The molecule has 2 aliphatic rings. The quantitative estimate of drug-likeness (QED) is 0.166. The van der Waals surface area contributed by atoms with E-state index < -0.39 is 5.41 Å². The molecule has 0 aromatic heterocycles. The summed E-state index contributed by atoms with van der Waals surface area (Å²) in [6, 6.07) is 90.6.